The van der Waals surface area contributed by atoms with E-state index in [1.165, 1.54) is 26.4 Å². The summed E-state index contributed by atoms with van der Waals surface area (Å²) in [5, 5.41) is 2.77. The fourth-order valence-corrected chi connectivity index (χ4v) is 1.30. The average Bonchev–Trinajstić information content (AvgIpc) is 1.83. The second-order valence-corrected chi connectivity index (χ2v) is 3.12. The first-order valence-corrected chi connectivity index (χ1v) is 4.08. The van der Waals surface area contributed by atoms with Crippen LogP contribution >= 0.6 is 0 Å². The molecule has 0 radical (unpaired) electrons. The molecule has 0 aromatic carbocycles. The van der Waals surface area contributed by atoms with Gasteiger partial charge in [-0.25, -0.2) is 4.79 Å². The van der Waals surface area contributed by atoms with E-state index < -0.39 is 0 Å². The Morgan fingerprint density at radius 3 is 2.64 bits per heavy atom. The van der Waals surface area contributed by atoms with Crippen molar-refractivity contribution < 1.29 is 9.53 Å². The molecule has 0 aromatic rings. The number of ether oxygens (including phenoxy) is 1. The summed E-state index contributed by atoms with van der Waals surface area (Å²) < 4.78 is 4.49. The third-order valence-corrected chi connectivity index (χ3v) is 2.39. The monoisotopic (exact) mass is 157 g/mol. The average molecular weight is 157 g/mol. The largest absolute Gasteiger partial charge is 0.453 e. The van der Waals surface area contributed by atoms with E-state index >= 15 is 0 Å². The Morgan fingerprint density at radius 1 is 1.64 bits per heavy atom. The summed E-state index contributed by atoms with van der Waals surface area (Å²) in [7, 11) is 1.39. The van der Waals surface area contributed by atoms with E-state index in [9.17, 15) is 4.79 Å². The third-order valence-electron chi connectivity index (χ3n) is 2.39. The molecule has 1 N–H and O–H groups in total. The summed E-state index contributed by atoms with van der Waals surface area (Å²) in [5.74, 6) is 0.675. The zero-order chi connectivity index (χ0) is 8.27. The van der Waals surface area contributed by atoms with Crippen LogP contribution in [-0.4, -0.2) is 19.2 Å². The van der Waals surface area contributed by atoms with Crippen LogP contribution < -0.4 is 5.32 Å². The van der Waals surface area contributed by atoms with Crippen molar-refractivity contribution in [1.29, 1.82) is 0 Å². The van der Waals surface area contributed by atoms with Gasteiger partial charge in [0, 0.05) is 6.04 Å². The molecule has 3 nitrogen and oxygen atoms in total. The van der Waals surface area contributed by atoms with Gasteiger partial charge in [0.25, 0.3) is 0 Å². The molecule has 1 aliphatic rings. The summed E-state index contributed by atoms with van der Waals surface area (Å²) in [4.78, 5) is 10.7. The topological polar surface area (TPSA) is 38.3 Å². The van der Waals surface area contributed by atoms with E-state index in [2.05, 4.69) is 10.1 Å². The maximum Gasteiger partial charge on any atom is 0.407 e. The molecule has 0 heterocycles. The molecular weight excluding hydrogens is 142 g/mol. The number of rotatable bonds is 2. The van der Waals surface area contributed by atoms with Crippen LogP contribution in [0.15, 0.2) is 0 Å². The van der Waals surface area contributed by atoms with Crippen molar-refractivity contribution in [3.63, 3.8) is 0 Å². The quantitative estimate of drug-likeness (QED) is 0.660. The molecule has 1 saturated carbocycles. The zero-order valence-corrected chi connectivity index (χ0v) is 7.09. The molecule has 0 aliphatic heterocycles. The molecule has 1 fully saturated rings. The fourth-order valence-electron chi connectivity index (χ4n) is 1.30. The SMILES string of the molecule is COC(=O)NC(C)C1CCC1. The van der Waals surface area contributed by atoms with Gasteiger partial charge in [0.15, 0.2) is 0 Å². The van der Waals surface area contributed by atoms with Crippen LogP contribution in [0.5, 0.6) is 0 Å². The van der Waals surface area contributed by atoms with Crippen molar-refractivity contribution in [2.45, 2.75) is 32.2 Å². The molecule has 3 heteroatoms. The van der Waals surface area contributed by atoms with Crippen molar-refractivity contribution in [1.82, 2.24) is 5.32 Å². The van der Waals surface area contributed by atoms with E-state index in [1.54, 1.807) is 0 Å². The third kappa shape index (κ3) is 2.10. The van der Waals surface area contributed by atoms with Crippen LogP contribution in [-0.2, 0) is 4.74 Å². The van der Waals surface area contributed by atoms with Gasteiger partial charge in [-0.1, -0.05) is 6.42 Å². The molecule has 1 unspecified atom stereocenters. The van der Waals surface area contributed by atoms with Gasteiger partial charge >= 0.3 is 6.09 Å². The van der Waals surface area contributed by atoms with E-state index in [0.717, 1.165) is 0 Å². The molecule has 64 valence electrons. The van der Waals surface area contributed by atoms with Crippen molar-refractivity contribution in [2.75, 3.05) is 7.11 Å². The Labute approximate surface area is 67.1 Å². The van der Waals surface area contributed by atoms with Crippen molar-refractivity contribution >= 4 is 6.09 Å². The number of nitrogens with one attached hydrogen (secondary N) is 1. The minimum Gasteiger partial charge on any atom is -0.453 e. The number of hydrogen-bond donors (Lipinski definition) is 1. The van der Waals surface area contributed by atoms with Gasteiger partial charge in [0.1, 0.15) is 0 Å². The van der Waals surface area contributed by atoms with Crippen LogP contribution in [0.3, 0.4) is 0 Å². The zero-order valence-electron chi connectivity index (χ0n) is 7.09. The number of carbonyl (C=O) groups is 1. The standard InChI is InChI=1S/C8H15NO2/c1-6(7-4-3-5-7)9-8(10)11-2/h6-7H,3-5H2,1-2H3,(H,9,10). The number of methoxy groups -OCH3 is 1. The number of carbonyl (C=O) groups excluding carboxylic acids is 1. The summed E-state index contributed by atoms with van der Waals surface area (Å²) in [5.41, 5.74) is 0. The van der Waals surface area contributed by atoms with E-state index in [0.29, 0.717) is 5.92 Å². The molecular formula is C8H15NO2. The normalized spacial score (nSPS) is 20.2. The lowest BCUT2D eigenvalue weighted by Crippen LogP contribution is -2.40. The molecule has 1 amide bonds. The predicted molar refractivity (Wildman–Crippen MR) is 42.3 cm³/mol. The lowest BCUT2D eigenvalue weighted by atomic mass is 9.80. The summed E-state index contributed by atoms with van der Waals surface area (Å²) in [6, 6.07) is 0.274. The second-order valence-electron chi connectivity index (χ2n) is 3.12. The molecule has 11 heavy (non-hydrogen) atoms. The van der Waals surface area contributed by atoms with E-state index in [4.69, 9.17) is 0 Å². The Morgan fingerprint density at radius 2 is 2.27 bits per heavy atom. The summed E-state index contributed by atoms with van der Waals surface area (Å²) in [6.07, 6.45) is 3.47. The Hall–Kier alpha value is -0.730. The maximum atomic E-state index is 10.7. The first-order chi connectivity index (χ1) is 5.24. The van der Waals surface area contributed by atoms with Gasteiger partial charge in [0.2, 0.25) is 0 Å². The van der Waals surface area contributed by atoms with E-state index in [1.807, 2.05) is 6.92 Å². The lowest BCUT2D eigenvalue weighted by molar-refractivity contribution is 0.154. The van der Waals surface area contributed by atoms with Gasteiger partial charge in [-0.2, -0.15) is 0 Å². The predicted octanol–water partition coefficient (Wildman–Crippen LogP) is 1.53. The Bertz CT molecular complexity index is 143. The van der Waals surface area contributed by atoms with Crippen LogP contribution in [0.4, 0.5) is 4.79 Å². The highest BCUT2D eigenvalue weighted by Crippen LogP contribution is 2.29. The van der Waals surface area contributed by atoms with Crippen molar-refractivity contribution in [3.05, 3.63) is 0 Å². The highest BCUT2D eigenvalue weighted by molar-refractivity contribution is 5.67. The molecule has 0 saturated heterocycles. The highest BCUT2D eigenvalue weighted by Gasteiger charge is 2.24. The minimum absolute atomic E-state index is 0.274. The van der Waals surface area contributed by atoms with Crippen LogP contribution in [0.1, 0.15) is 26.2 Å². The van der Waals surface area contributed by atoms with Crippen LogP contribution in [0.25, 0.3) is 0 Å². The number of amides is 1. The molecule has 0 bridgehead atoms. The van der Waals surface area contributed by atoms with Gasteiger partial charge in [0.05, 0.1) is 7.11 Å². The van der Waals surface area contributed by atoms with Gasteiger partial charge in [-0.15, -0.1) is 0 Å². The molecule has 0 aromatic heterocycles. The van der Waals surface area contributed by atoms with Crippen molar-refractivity contribution in [2.24, 2.45) is 5.92 Å². The Balaban J connectivity index is 2.19. The Kier molecular flexibility index (Phi) is 2.74. The second kappa shape index (κ2) is 3.60. The molecule has 1 rings (SSSR count). The maximum absolute atomic E-state index is 10.7. The minimum atomic E-state index is -0.315. The van der Waals surface area contributed by atoms with Crippen molar-refractivity contribution in [3.8, 4) is 0 Å². The van der Waals surface area contributed by atoms with Gasteiger partial charge < -0.3 is 10.1 Å². The fraction of sp³-hybridized carbons (Fsp3) is 0.875. The lowest BCUT2D eigenvalue weighted by Gasteiger charge is -2.31. The molecule has 0 spiro atoms. The molecule has 1 aliphatic carbocycles. The van der Waals surface area contributed by atoms with E-state index in [-0.39, 0.29) is 12.1 Å². The number of hydrogen-bond acceptors (Lipinski definition) is 2. The summed E-state index contributed by atoms with van der Waals surface area (Å²) in [6.45, 7) is 2.03. The van der Waals surface area contributed by atoms with Crippen LogP contribution in [0.2, 0.25) is 0 Å². The van der Waals surface area contributed by atoms with Gasteiger partial charge in [-0.05, 0) is 25.7 Å². The first kappa shape index (κ1) is 8.37. The number of alkyl carbamates (subject to hydrolysis) is 1. The summed E-state index contributed by atoms with van der Waals surface area (Å²) >= 11 is 0. The van der Waals surface area contributed by atoms with Crippen LogP contribution in [0, 0.1) is 5.92 Å². The molecule has 1 atom stereocenters. The smallest absolute Gasteiger partial charge is 0.407 e. The van der Waals surface area contributed by atoms with Gasteiger partial charge in [-0.3, -0.25) is 0 Å². The highest BCUT2D eigenvalue weighted by atomic mass is 16.5. The first-order valence-electron chi connectivity index (χ1n) is 4.08.